The van der Waals surface area contributed by atoms with Gasteiger partial charge < -0.3 is 14.2 Å². The van der Waals surface area contributed by atoms with E-state index in [1.165, 1.54) is 6.33 Å². The lowest BCUT2D eigenvalue weighted by Crippen LogP contribution is -2.30. The molecule has 0 N–H and O–H groups in total. The Bertz CT molecular complexity index is 1300. The summed E-state index contributed by atoms with van der Waals surface area (Å²) in [6.45, 7) is 5.98. The number of carbonyl (C=O) groups excluding carboxylic acids is 1. The Morgan fingerprint density at radius 1 is 1.22 bits per heavy atom. The molecule has 32 heavy (non-hydrogen) atoms. The van der Waals surface area contributed by atoms with Crippen molar-refractivity contribution >= 4 is 17.1 Å². The molecule has 0 aliphatic carbocycles. The molecule has 1 amide bonds. The van der Waals surface area contributed by atoms with Crippen LogP contribution in [0.3, 0.4) is 0 Å². The molecule has 1 atom stereocenters. The highest BCUT2D eigenvalue weighted by atomic mass is 16.5. The minimum Gasteiger partial charge on any atom is -0.471 e. The molecule has 0 radical (unpaired) electrons. The maximum absolute atomic E-state index is 12.7. The maximum Gasteiger partial charge on any atom is 0.257 e. The van der Waals surface area contributed by atoms with E-state index in [-0.39, 0.29) is 12.0 Å². The molecule has 4 aromatic rings. The van der Waals surface area contributed by atoms with Crippen LogP contribution in [0.25, 0.3) is 22.6 Å². The van der Waals surface area contributed by atoms with Crippen LogP contribution < -0.4 is 4.74 Å². The highest BCUT2D eigenvalue weighted by molar-refractivity contribution is 5.94. The first-order chi connectivity index (χ1) is 15.5. The molecule has 166 valence electrons. The van der Waals surface area contributed by atoms with Gasteiger partial charge in [-0.05, 0) is 13.8 Å². The van der Waals surface area contributed by atoms with Crippen molar-refractivity contribution < 1.29 is 9.53 Å². The molecule has 5 rings (SSSR count). The number of aromatic nitrogens is 8. The number of hydrogen-bond donors (Lipinski definition) is 0. The van der Waals surface area contributed by atoms with Crippen LogP contribution in [0.5, 0.6) is 5.88 Å². The van der Waals surface area contributed by atoms with Crippen LogP contribution >= 0.6 is 0 Å². The van der Waals surface area contributed by atoms with Crippen molar-refractivity contribution in [1.82, 2.24) is 44.0 Å². The van der Waals surface area contributed by atoms with Crippen molar-refractivity contribution in [2.75, 3.05) is 13.1 Å². The topological polar surface area (TPSA) is 109 Å². The van der Waals surface area contributed by atoms with E-state index in [2.05, 4.69) is 27.1 Å². The van der Waals surface area contributed by atoms with Crippen molar-refractivity contribution in [3.8, 4) is 17.3 Å². The van der Waals surface area contributed by atoms with Gasteiger partial charge in [-0.25, -0.2) is 9.97 Å². The second-order valence-electron chi connectivity index (χ2n) is 7.99. The Labute approximate surface area is 184 Å². The van der Waals surface area contributed by atoms with Gasteiger partial charge in [-0.3, -0.25) is 14.2 Å². The van der Waals surface area contributed by atoms with Crippen molar-refractivity contribution in [1.29, 1.82) is 0 Å². The second-order valence-corrected chi connectivity index (χ2v) is 7.99. The first kappa shape index (κ1) is 20.2. The fraction of sp³-hybridized carbons (Fsp3) is 0.429. The second kappa shape index (κ2) is 7.74. The minimum absolute atomic E-state index is 0.0411. The monoisotopic (exact) mass is 435 g/mol. The van der Waals surface area contributed by atoms with Crippen molar-refractivity contribution in [2.24, 2.45) is 14.1 Å². The first-order valence-electron chi connectivity index (χ1n) is 10.6. The molecule has 1 aliphatic heterocycles. The van der Waals surface area contributed by atoms with Gasteiger partial charge in [0, 0.05) is 45.5 Å². The molecule has 1 aliphatic rings. The number of aryl methyl sites for hydroxylation is 3. The summed E-state index contributed by atoms with van der Waals surface area (Å²) >= 11 is 0. The Morgan fingerprint density at radius 2 is 2.06 bits per heavy atom. The van der Waals surface area contributed by atoms with E-state index in [9.17, 15) is 4.79 Å². The number of likely N-dealkylation sites (tertiary alicyclic amines) is 1. The third-order valence-corrected chi connectivity index (χ3v) is 5.93. The van der Waals surface area contributed by atoms with E-state index in [1.807, 2.05) is 29.4 Å². The number of carbonyl (C=O) groups is 1. The fourth-order valence-electron chi connectivity index (χ4n) is 4.17. The van der Waals surface area contributed by atoms with Gasteiger partial charge in [0.25, 0.3) is 5.91 Å². The molecule has 0 unspecified atom stereocenters. The van der Waals surface area contributed by atoms with Gasteiger partial charge in [-0.2, -0.15) is 15.2 Å². The molecule has 1 saturated heterocycles. The largest absolute Gasteiger partial charge is 0.471 e. The van der Waals surface area contributed by atoms with Crippen molar-refractivity contribution in [3.63, 3.8) is 0 Å². The maximum atomic E-state index is 12.7. The summed E-state index contributed by atoms with van der Waals surface area (Å²) < 4.78 is 11.7. The number of fused-ring (bicyclic) bond motifs is 1. The van der Waals surface area contributed by atoms with Gasteiger partial charge in [0.2, 0.25) is 5.88 Å². The molecule has 0 bridgehead atoms. The third-order valence-electron chi connectivity index (χ3n) is 5.93. The summed E-state index contributed by atoms with van der Waals surface area (Å²) in [5.41, 5.74) is 3.87. The molecule has 0 saturated carbocycles. The lowest BCUT2D eigenvalue weighted by Gasteiger charge is -2.16. The van der Waals surface area contributed by atoms with Crippen LogP contribution in [-0.2, 0) is 20.6 Å². The van der Waals surface area contributed by atoms with Gasteiger partial charge >= 0.3 is 0 Å². The van der Waals surface area contributed by atoms with Crippen molar-refractivity contribution in [3.05, 3.63) is 36.2 Å². The standard InChI is InChI=1S/C21H25N9O2/c1-5-30-13(2)16(9-25-30)18-26-17-19(28(18)4)22-12-23-20(17)32-15-6-7-29(11-15)21(31)14-8-24-27(3)10-14/h8-10,12,15H,5-7,11H2,1-4H3/t15-/m0/s1. The highest BCUT2D eigenvalue weighted by Gasteiger charge is 2.30. The van der Waals surface area contributed by atoms with E-state index in [0.717, 1.165) is 30.0 Å². The highest BCUT2D eigenvalue weighted by Crippen LogP contribution is 2.30. The summed E-state index contributed by atoms with van der Waals surface area (Å²) in [6, 6.07) is 0. The number of ether oxygens (including phenoxy) is 1. The Morgan fingerprint density at radius 3 is 2.78 bits per heavy atom. The number of imidazole rings is 1. The van der Waals surface area contributed by atoms with E-state index in [1.54, 1.807) is 29.0 Å². The summed E-state index contributed by atoms with van der Waals surface area (Å²) in [4.78, 5) is 28.1. The Balaban J connectivity index is 1.39. The fourth-order valence-corrected chi connectivity index (χ4v) is 4.17. The number of amides is 1. The average molecular weight is 435 g/mol. The van der Waals surface area contributed by atoms with Crippen LogP contribution in [0.2, 0.25) is 0 Å². The number of hydrogen-bond acceptors (Lipinski definition) is 7. The molecule has 0 aromatic carbocycles. The smallest absolute Gasteiger partial charge is 0.257 e. The summed E-state index contributed by atoms with van der Waals surface area (Å²) in [6.07, 6.45) is 7.18. The summed E-state index contributed by atoms with van der Waals surface area (Å²) in [5, 5.41) is 8.51. The third kappa shape index (κ3) is 3.29. The molecule has 0 spiro atoms. The van der Waals surface area contributed by atoms with Gasteiger partial charge in [-0.1, -0.05) is 0 Å². The lowest BCUT2D eigenvalue weighted by molar-refractivity contribution is 0.0771. The van der Waals surface area contributed by atoms with Gasteiger partial charge in [0.05, 0.1) is 30.1 Å². The summed E-state index contributed by atoms with van der Waals surface area (Å²) in [7, 11) is 3.72. The normalized spacial score (nSPS) is 16.2. The molecule has 11 heteroatoms. The van der Waals surface area contributed by atoms with Crippen molar-refractivity contribution in [2.45, 2.75) is 32.9 Å². The van der Waals surface area contributed by atoms with Crippen LogP contribution in [-0.4, -0.2) is 69.1 Å². The van der Waals surface area contributed by atoms with E-state index >= 15 is 0 Å². The zero-order valence-corrected chi connectivity index (χ0v) is 18.6. The van der Waals surface area contributed by atoms with E-state index < -0.39 is 0 Å². The van der Waals surface area contributed by atoms with Gasteiger partial charge in [-0.15, -0.1) is 0 Å². The van der Waals surface area contributed by atoms with E-state index in [0.29, 0.717) is 35.7 Å². The Kier molecular flexibility index (Phi) is 4.87. The Hall–Kier alpha value is -3.76. The molecular weight excluding hydrogens is 410 g/mol. The van der Waals surface area contributed by atoms with Crippen LogP contribution in [0.4, 0.5) is 0 Å². The zero-order valence-electron chi connectivity index (χ0n) is 18.6. The lowest BCUT2D eigenvalue weighted by atomic mass is 10.2. The quantitative estimate of drug-likeness (QED) is 0.468. The van der Waals surface area contributed by atoms with Gasteiger partial charge in [0.1, 0.15) is 18.3 Å². The molecule has 4 aromatic heterocycles. The predicted molar refractivity (Wildman–Crippen MR) is 116 cm³/mol. The number of nitrogens with zero attached hydrogens (tertiary/aromatic N) is 9. The zero-order chi connectivity index (χ0) is 22.4. The first-order valence-corrected chi connectivity index (χ1v) is 10.6. The van der Waals surface area contributed by atoms with Crippen LogP contribution in [0, 0.1) is 6.92 Å². The number of rotatable bonds is 5. The minimum atomic E-state index is -0.163. The predicted octanol–water partition coefficient (Wildman–Crippen LogP) is 1.58. The van der Waals surface area contributed by atoms with Crippen LogP contribution in [0.15, 0.2) is 24.9 Å². The molecular formula is C21H25N9O2. The van der Waals surface area contributed by atoms with E-state index in [4.69, 9.17) is 9.72 Å². The van der Waals surface area contributed by atoms with Gasteiger partial charge in [0.15, 0.2) is 11.2 Å². The van der Waals surface area contributed by atoms with Crippen LogP contribution in [0.1, 0.15) is 29.4 Å². The average Bonchev–Trinajstić information content (AvgIpc) is 3.56. The molecule has 5 heterocycles. The molecule has 1 fully saturated rings. The molecule has 11 nitrogen and oxygen atoms in total. The summed E-state index contributed by atoms with van der Waals surface area (Å²) in [5.74, 6) is 1.15. The SMILES string of the molecule is CCn1ncc(-c2nc3c(O[C@H]4CCN(C(=O)c5cnn(C)c5)C4)ncnc3n2C)c1C.